The highest BCUT2D eigenvalue weighted by Gasteiger charge is 2.20. The van der Waals surface area contributed by atoms with Crippen LogP contribution in [-0.2, 0) is 27.9 Å². The Morgan fingerprint density at radius 2 is 0.948 bits per heavy atom. The Labute approximate surface area is 358 Å². The lowest BCUT2D eigenvalue weighted by Crippen LogP contribution is -2.37. The standard InChI is InChI=1S/C49H92NO7P/c1-6-8-10-12-14-16-18-20-22-23-24-25-26-27-28-30-32-34-36-38-40-42-49(51)57-48(47-56-58(52,53)55-45-43-50(3,4)5)46-54-44-41-39-37-35-33-31-29-21-19-17-15-13-11-9-7-2/h18-21,23-24,26-27,48H,6-17,22,25,28-47H2,1-5H3/b20-18-,21-19-,24-23-,27-26-. The Hall–Kier alpha value is -1.54. The summed E-state index contributed by atoms with van der Waals surface area (Å²) in [5, 5.41) is 0. The lowest BCUT2D eigenvalue weighted by atomic mass is 10.1. The van der Waals surface area contributed by atoms with Gasteiger partial charge in [-0.25, -0.2) is 0 Å². The van der Waals surface area contributed by atoms with Crippen LogP contribution in [0.3, 0.4) is 0 Å². The normalized spacial score (nSPS) is 14.1. The van der Waals surface area contributed by atoms with E-state index in [9.17, 15) is 14.3 Å². The molecule has 0 aromatic heterocycles. The third-order valence-corrected chi connectivity index (χ3v) is 11.1. The summed E-state index contributed by atoms with van der Waals surface area (Å²) in [5.41, 5.74) is 0. The van der Waals surface area contributed by atoms with E-state index >= 15 is 0 Å². The molecule has 9 heteroatoms. The lowest BCUT2D eigenvalue weighted by molar-refractivity contribution is -0.870. The van der Waals surface area contributed by atoms with Gasteiger partial charge in [-0.15, -0.1) is 0 Å². The van der Waals surface area contributed by atoms with E-state index < -0.39 is 13.9 Å². The van der Waals surface area contributed by atoms with E-state index in [-0.39, 0.29) is 25.8 Å². The maximum atomic E-state index is 12.7. The molecule has 0 aliphatic carbocycles. The molecule has 0 saturated carbocycles. The van der Waals surface area contributed by atoms with Crippen molar-refractivity contribution in [2.45, 2.75) is 206 Å². The van der Waals surface area contributed by atoms with Crippen LogP contribution in [0.2, 0.25) is 0 Å². The van der Waals surface area contributed by atoms with E-state index in [4.69, 9.17) is 18.5 Å². The summed E-state index contributed by atoms with van der Waals surface area (Å²) in [7, 11) is 1.34. The molecule has 0 bridgehead atoms. The molecule has 0 aromatic rings. The number of esters is 1. The van der Waals surface area contributed by atoms with Crippen LogP contribution in [0.1, 0.15) is 200 Å². The largest absolute Gasteiger partial charge is 0.756 e. The number of hydrogen-bond donors (Lipinski definition) is 0. The van der Waals surface area contributed by atoms with Gasteiger partial charge in [-0.2, -0.15) is 0 Å². The number of allylic oxidation sites excluding steroid dienone is 8. The number of likely N-dealkylation sites (N-methyl/N-ethyl adjacent to an activating group) is 1. The molecule has 0 aliphatic rings. The second kappa shape index (κ2) is 42.2. The van der Waals surface area contributed by atoms with Gasteiger partial charge in [0, 0.05) is 13.0 Å². The van der Waals surface area contributed by atoms with Gasteiger partial charge in [0.15, 0.2) is 0 Å². The minimum absolute atomic E-state index is 0.0209. The molecular formula is C49H92NO7P. The molecule has 0 amide bonds. The van der Waals surface area contributed by atoms with Crippen LogP contribution in [0.4, 0.5) is 0 Å². The molecule has 2 unspecified atom stereocenters. The lowest BCUT2D eigenvalue weighted by Gasteiger charge is -2.28. The number of phosphoric acid groups is 1. The molecule has 58 heavy (non-hydrogen) atoms. The van der Waals surface area contributed by atoms with Gasteiger partial charge in [-0.3, -0.25) is 9.36 Å². The first-order chi connectivity index (χ1) is 28.1. The molecule has 0 rings (SSSR count). The highest BCUT2D eigenvalue weighted by molar-refractivity contribution is 7.45. The molecule has 0 saturated heterocycles. The Balaban J connectivity index is 4.23. The van der Waals surface area contributed by atoms with Crippen molar-refractivity contribution in [3.63, 3.8) is 0 Å². The SMILES string of the molecule is CCCCCCC/C=C\C/C=C\C/C=C\CCCCCCCCC(=O)OC(COCCCCCCCC/C=C\CCCCCCC)COP(=O)([O-])OCC[N+](C)(C)C. The van der Waals surface area contributed by atoms with Crippen LogP contribution in [0, 0.1) is 0 Å². The van der Waals surface area contributed by atoms with Gasteiger partial charge in [0.05, 0.1) is 34.4 Å². The van der Waals surface area contributed by atoms with Crippen molar-refractivity contribution < 1.29 is 37.3 Å². The Kier molecular flexibility index (Phi) is 41.0. The number of ether oxygens (including phenoxy) is 2. The van der Waals surface area contributed by atoms with Crippen molar-refractivity contribution >= 4 is 13.8 Å². The fourth-order valence-electron chi connectivity index (χ4n) is 6.37. The summed E-state index contributed by atoms with van der Waals surface area (Å²) < 4.78 is 34.6. The number of hydrogen-bond acceptors (Lipinski definition) is 7. The van der Waals surface area contributed by atoms with Crippen molar-refractivity contribution in [1.29, 1.82) is 0 Å². The topological polar surface area (TPSA) is 94.1 Å². The summed E-state index contributed by atoms with van der Waals surface area (Å²) >= 11 is 0. The number of quaternary nitrogens is 1. The molecule has 0 spiro atoms. The molecular weight excluding hydrogens is 746 g/mol. The first-order valence-corrected chi connectivity index (χ1v) is 25.3. The minimum atomic E-state index is -4.53. The van der Waals surface area contributed by atoms with Crippen molar-refractivity contribution in [1.82, 2.24) is 0 Å². The average Bonchev–Trinajstić information content (AvgIpc) is 3.18. The first-order valence-electron chi connectivity index (χ1n) is 23.9. The molecule has 0 heterocycles. The second-order valence-electron chi connectivity index (χ2n) is 17.1. The van der Waals surface area contributed by atoms with E-state index in [1.54, 1.807) is 0 Å². The number of carbonyl (C=O) groups excluding carboxylic acids is 1. The van der Waals surface area contributed by atoms with Crippen molar-refractivity contribution in [2.75, 3.05) is 54.1 Å². The second-order valence-corrected chi connectivity index (χ2v) is 18.5. The maximum absolute atomic E-state index is 12.7. The Morgan fingerprint density at radius 3 is 1.43 bits per heavy atom. The van der Waals surface area contributed by atoms with Gasteiger partial charge in [-0.1, -0.05) is 165 Å². The van der Waals surface area contributed by atoms with Gasteiger partial charge < -0.3 is 27.9 Å². The third-order valence-electron chi connectivity index (χ3n) is 10.1. The summed E-state index contributed by atoms with van der Waals surface area (Å²) in [6, 6.07) is 0. The van der Waals surface area contributed by atoms with Crippen molar-refractivity contribution in [3.8, 4) is 0 Å². The highest BCUT2D eigenvalue weighted by atomic mass is 31.2. The van der Waals surface area contributed by atoms with E-state index in [1.807, 2.05) is 21.1 Å². The van der Waals surface area contributed by atoms with Gasteiger partial charge in [0.2, 0.25) is 0 Å². The average molecular weight is 838 g/mol. The Bertz CT molecular complexity index is 1070. The molecule has 0 N–H and O–H groups in total. The summed E-state index contributed by atoms with van der Waals surface area (Å²) in [4.78, 5) is 25.1. The van der Waals surface area contributed by atoms with E-state index in [2.05, 4.69) is 62.5 Å². The van der Waals surface area contributed by atoms with Crippen LogP contribution in [-0.4, -0.2) is 70.7 Å². The number of nitrogens with zero attached hydrogens (tertiary/aromatic N) is 1. The van der Waals surface area contributed by atoms with Crippen LogP contribution >= 0.6 is 7.82 Å². The van der Waals surface area contributed by atoms with Gasteiger partial charge in [-0.05, 0) is 77.0 Å². The highest BCUT2D eigenvalue weighted by Crippen LogP contribution is 2.38. The molecule has 0 aliphatic heterocycles. The number of phosphoric ester groups is 1. The monoisotopic (exact) mass is 838 g/mol. The molecule has 340 valence electrons. The predicted octanol–water partition coefficient (Wildman–Crippen LogP) is 13.7. The van der Waals surface area contributed by atoms with E-state index in [0.717, 1.165) is 57.8 Å². The quantitative estimate of drug-likeness (QED) is 0.0198. The smallest absolute Gasteiger partial charge is 0.306 e. The number of unbranched alkanes of at least 4 members (excludes halogenated alkanes) is 22. The molecule has 0 radical (unpaired) electrons. The summed E-state index contributed by atoms with van der Waals surface area (Å²) in [6.07, 6.45) is 51.2. The number of rotatable bonds is 44. The Morgan fingerprint density at radius 1 is 0.534 bits per heavy atom. The predicted molar refractivity (Wildman–Crippen MR) is 245 cm³/mol. The van der Waals surface area contributed by atoms with Gasteiger partial charge in [0.25, 0.3) is 7.82 Å². The fourth-order valence-corrected chi connectivity index (χ4v) is 7.10. The molecule has 2 atom stereocenters. The van der Waals surface area contributed by atoms with Gasteiger partial charge >= 0.3 is 5.97 Å². The van der Waals surface area contributed by atoms with Crippen LogP contribution in [0.5, 0.6) is 0 Å². The summed E-state index contributed by atoms with van der Waals surface area (Å²) in [5.74, 6) is -0.348. The van der Waals surface area contributed by atoms with Crippen LogP contribution in [0.15, 0.2) is 48.6 Å². The minimum Gasteiger partial charge on any atom is -0.756 e. The zero-order valence-corrected chi connectivity index (χ0v) is 39.4. The molecule has 0 fully saturated rings. The zero-order chi connectivity index (χ0) is 42.7. The maximum Gasteiger partial charge on any atom is 0.306 e. The van der Waals surface area contributed by atoms with E-state index in [0.29, 0.717) is 24.1 Å². The molecule has 0 aromatic carbocycles. The fraction of sp³-hybridized carbons (Fsp3) is 0.816. The molecule has 8 nitrogen and oxygen atoms in total. The van der Waals surface area contributed by atoms with Crippen molar-refractivity contribution in [3.05, 3.63) is 48.6 Å². The van der Waals surface area contributed by atoms with Crippen LogP contribution < -0.4 is 4.89 Å². The summed E-state index contributed by atoms with van der Waals surface area (Å²) in [6.45, 7) is 5.37. The van der Waals surface area contributed by atoms with E-state index in [1.165, 1.54) is 122 Å². The number of carbonyl (C=O) groups is 1. The third kappa shape index (κ3) is 45.5. The van der Waals surface area contributed by atoms with Gasteiger partial charge in [0.1, 0.15) is 19.3 Å². The van der Waals surface area contributed by atoms with Crippen LogP contribution in [0.25, 0.3) is 0 Å². The zero-order valence-electron chi connectivity index (χ0n) is 38.5. The first kappa shape index (κ1) is 56.5. The van der Waals surface area contributed by atoms with Crippen molar-refractivity contribution in [2.24, 2.45) is 0 Å².